The van der Waals surface area contributed by atoms with Crippen LogP contribution in [-0.4, -0.2) is 0 Å². The second-order valence-electron chi connectivity index (χ2n) is 3.73. The quantitative estimate of drug-likeness (QED) is 0.834. The Bertz CT molecular complexity index is 540. The van der Waals surface area contributed by atoms with Crippen LogP contribution in [0.5, 0.6) is 0 Å². The zero-order valence-electron chi connectivity index (χ0n) is 9.45. The highest BCUT2D eigenvalue weighted by Crippen LogP contribution is 2.36. The summed E-state index contributed by atoms with van der Waals surface area (Å²) in [7, 11) is 0. The van der Waals surface area contributed by atoms with Gasteiger partial charge in [-0.1, -0.05) is 23.7 Å². The minimum absolute atomic E-state index is 0. The van der Waals surface area contributed by atoms with E-state index in [0.29, 0.717) is 5.56 Å². The molecule has 1 atom stereocenters. The van der Waals surface area contributed by atoms with Crippen molar-refractivity contribution in [2.75, 3.05) is 0 Å². The molecule has 1 aromatic carbocycles. The Kier molecular flexibility index (Phi) is 5.26. The molecule has 19 heavy (non-hydrogen) atoms. The Labute approximate surface area is 123 Å². The topological polar surface area (TPSA) is 26.0 Å². The maximum absolute atomic E-state index is 12.5. The summed E-state index contributed by atoms with van der Waals surface area (Å²) in [6.07, 6.45) is -4.44. The van der Waals surface area contributed by atoms with Gasteiger partial charge < -0.3 is 5.73 Å². The summed E-state index contributed by atoms with van der Waals surface area (Å²) in [5.41, 5.74) is 5.68. The number of hydrogen-bond donors (Lipinski definition) is 1. The van der Waals surface area contributed by atoms with Gasteiger partial charge in [-0.25, -0.2) is 0 Å². The van der Waals surface area contributed by atoms with Crippen LogP contribution in [0.25, 0.3) is 0 Å². The third kappa shape index (κ3) is 3.63. The SMILES string of the molecule is Cl.N[C@H](c1ccc(C(F)(F)F)c(Cl)c1)c1cccs1. The van der Waals surface area contributed by atoms with Crippen LogP contribution in [0.2, 0.25) is 5.02 Å². The first kappa shape index (κ1) is 16.3. The first-order valence-electron chi connectivity index (χ1n) is 5.05. The third-order valence-corrected chi connectivity index (χ3v) is 3.78. The normalized spacial score (nSPS) is 12.9. The molecule has 0 aliphatic heterocycles. The summed E-state index contributed by atoms with van der Waals surface area (Å²) >= 11 is 7.10. The molecule has 0 amide bonds. The van der Waals surface area contributed by atoms with Crippen LogP contribution in [0.15, 0.2) is 35.7 Å². The lowest BCUT2D eigenvalue weighted by molar-refractivity contribution is -0.137. The fourth-order valence-corrected chi connectivity index (χ4v) is 2.64. The summed E-state index contributed by atoms with van der Waals surface area (Å²) in [6.45, 7) is 0. The van der Waals surface area contributed by atoms with E-state index in [-0.39, 0.29) is 17.4 Å². The summed E-state index contributed by atoms with van der Waals surface area (Å²) in [6, 6.07) is 6.82. The van der Waals surface area contributed by atoms with Gasteiger partial charge >= 0.3 is 6.18 Å². The molecule has 0 saturated heterocycles. The molecular formula is C12H10Cl2F3NS. The average molecular weight is 328 g/mol. The molecule has 1 aromatic heterocycles. The molecule has 7 heteroatoms. The number of hydrogen-bond acceptors (Lipinski definition) is 2. The summed E-state index contributed by atoms with van der Waals surface area (Å²) in [5, 5.41) is 1.54. The Morgan fingerprint density at radius 3 is 2.37 bits per heavy atom. The van der Waals surface area contributed by atoms with Gasteiger partial charge in [-0.05, 0) is 29.1 Å². The largest absolute Gasteiger partial charge is 0.417 e. The molecule has 0 saturated carbocycles. The highest BCUT2D eigenvalue weighted by Gasteiger charge is 2.33. The van der Waals surface area contributed by atoms with Gasteiger partial charge in [-0.3, -0.25) is 0 Å². The van der Waals surface area contributed by atoms with Gasteiger partial charge in [0.1, 0.15) is 0 Å². The minimum Gasteiger partial charge on any atom is -0.320 e. The number of alkyl halides is 3. The van der Waals surface area contributed by atoms with E-state index in [2.05, 4.69) is 0 Å². The van der Waals surface area contributed by atoms with E-state index >= 15 is 0 Å². The fourth-order valence-electron chi connectivity index (χ4n) is 1.59. The lowest BCUT2D eigenvalue weighted by atomic mass is 10.0. The number of rotatable bonds is 2. The molecule has 2 N–H and O–H groups in total. The van der Waals surface area contributed by atoms with Crippen LogP contribution in [-0.2, 0) is 6.18 Å². The number of halogens is 5. The lowest BCUT2D eigenvalue weighted by Crippen LogP contribution is -2.12. The van der Waals surface area contributed by atoms with E-state index in [1.165, 1.54) is 23.5 Å². The predicted octanol–water partition coefficient (Wildman–Crippen LogP) is 4.89. The van der Waals surface area contributed by atoms with Crippen molar-refractivity contribution < 1.29 is 13.2 Å². The van der Waals surface area contributed by atoms with E-state index in [4.69, 9.17) is 17.3 Å². The Morgan fingerprint density at radius 1 is 1.21 bits per heavy atom. The molecule has 2 aromatic rings. The van der Waals surface area contributed by atoms with Crippen LogP contribution in [0, 0.1) is 0 Å². The maximum atomic E-state index is 12.5. The summed E-state index contributed by atoms with van der Waals surface area (Å²) in [4.78, 5) is 0.880. The van der Waals surface area contributed by atoms with Crippen molar-refractivity contribution in [2.24, 2.45) is 5.73 Å². The summed E-state index contributed by atoms with van der Waals surface area (Å²) < 4.78 is 37.6. The number of benzene rings is 1. The van der Waals surface area contributed by atoms with Crippen molar-refractivity contribution in [1.82, 2.24) is 0 Å². The van der Waals surface area contributed by atoms with Crippen LogP contribution in [0.1, 0.15) is 22.0 Å². The highest BCUT2D eigenvalue weighted by molar-refractivity contribution is 7.10. The summed E-state index contributed by atoms with van der Waals surface area (Å²) in [5.74, 6) is 0. The van der Waals surface area contributed by atoms with E-state index in [0.717, 1.165) is 10.9 Å². The Hall–Kier alpha value is -0.750. The van der Waals surface area contributed by atoms with Gasteiger partial charge in [-0.2, -0.15) is 13.2 Å². The molecule has 1 nitrogen and oxygen atoms in total. The van der Waals surface area contributed by atoms with Crippen molar-refractivity contribution in [3.63, 3.8) is 0 Å². The van der Waals surface area contributed by atoms with E-state index < -0.39 is 17.8 Å². The molecule has 2 rings (SSSR count). The zero-order valence-corrected chi connectivity index (χ0v) is 11.8. The van der Waals surface area contributed by atoms with Gasteiger partial charge in [0.05, 0.1) is 16.6 Å². The maximum Gasteiger partial charge on any atom is 0.417 e. The van der Waals surface area contributed by atoms with Gasteiger partial charge in [0, 0.05) is 4.88 Å². The number of nitrogens with two attached hydrogens (primary N) is 1. The highest BCUT2D eigenvalue weighted by atomic mass is 35.5. The van der Waals surface area contributed by atoms with Crippen LogP contribution in [0.3, 0.4) is 0 Å². The fraction of sp³-hybridized carbons (Fsp3) is 0.167. The second kappa shape index (κ2) is 6.13. The standard InChI is InChI=1S/C12H9ClF3NS.ClH/c13-9-6-7(3-4-8(9)12(14,15)16)11(17)10-2-1-5-18-10;/h1-6,11H,17H2;1H/t11-;/m1./s1. The molecule has 0 aliphatic carbocycles. The molecule has 0 bridgehead atoms. The van der Waals surface area contributed by atoms with Crippen molar-refractivity contribution in [2.45, 2.75) is 12.2 Å². The van der Waals surface area contributed by atoms with E-state index in [1.54, 1.807) is 0 Å². The molecular weight excluding hydrogens is 318 g/mol. The van der Waals surface area contributed by atoms with Crippen LogP contribution < -0.4 is 5.73 Å². The average Bonchev–Trinajstić information content (AvgIpc) is 2.79. The molecule has 1 heterocycles. The first-order chi connectivity index (χ1) is 8.39. The second-order valence-corrected chi connectivity index (χ2v) is 5.12. The monoisotopic (exact) mass is 327 g/mol. The van der Waals surface area contributed by atoms with Gasteiger partial charge in [0.25, 0.3) is 0 Å². The first-order valence-corrected chi connectivity index (χ1v) is 6.31. The van der Waals surface area contributed by atoms with Crippen LogP contribution in [0.4, 0.5) is 13.2 Å². The molecule has 0 unspecified atom stereocenters. The molecule has 0 aliphatic rings. The Balaban J connectivity index is 0.00000180. The predicted molar refractivity (Wildman–Crippen MR) is 74.1 cm³/mol. The van der Waals surface area contributed by atoms with Gasteiger partial charge in [0.15, 0.2) is 0 Å². The molecule has 0 fully saturated rings. The van der Waals surface area contributed by atoms with Gasteiger partial charge in [0.2, 0.25) is 0 Å². The Morgan fingerprint density at radius 2 is 1.89 bits per heavy atom. The van der Waals surface area contributed by atoms with Crippen molar-refractivity contribution in [3.8, 4) is 0 Å². The van der Waals surface area contributed by atoms with E-state index in [9.17, 15) is 13.2 Å². The number of thiophene rings is 1. The van der Waals surface area contributed by atoms with Crippen molar-refractivity contribution in [3.05, 3.63) is 56.7 Å². The van der Waals surface area contributed by atoms with Crippen molar-refractivity contribution in [1.29, 1.82) is 0 Å². The molecule has 104 valence electrons. The minimum atomic E-state index is -4.44. The molecule has 0 radical (unpaired) electrons. The molecule has 0 spiro atoms. The van der Waals surface area contributed by atoms with Crippen molar-refractivity contribution >= 4 is 35.3 Å². The third-order valence-electron chi connectivity index (χ3n) is 2.51. The zero-order chi connectivity index (χ0) is 13.3. The smallest absolute Gasteiger partial charge is 0.320 e. The lowest BCUT2D eigenvalue weighted by Gasteiger charge is -2.14. The van der Waals surface area contributed by atoms with E-state index in [1.807, 2.05) is 17.5 Å². The van der Waals surface area contributed by atoms with Gasteiger partial charge in [-0.15, -0.1) is 23.7 Å². The van der Waals surface area contributed by atoms with Crippen LogP contribution >= 0.6 is 35.3 Å².